The van der Waals surface area contributed by atoms with Crippen molar-refractivity contribution in [1.82, 2.24) is 5.43 Å². The molecule has 0 aliphatic heterocycles. The highest BCUT2D eigenvalue weighted by Crippen LogP contribution is 2.13. The third kappa shape index (κ3) is 9.45. The Morgan fingerprint density at radius 1 is 0.886 bits per heavy atom. The first-order valence-electron chi connectivity index (χ1n) is 12.1. The molecular formula is C29H33N3O3. The molecule has 6 heteroatoms. The second-order valence-corrected chi connectivity index (χ2v) is 8.32. The molecule has 3 aromatic carbocycles. The Kier molecular flexibility index (Phi) is 10.5. The topological polar surface area (TPSA) is 79.8 Å². The molecule has 2 N–H and O–H groups in total. The first kappa shape index (κ1) is 25.7. The van der Waals surface area contributed by atoms with Gasteiger partial charge in [-0.05, 0) is 60.0 Å². The monoisotopic (exact) mass is 471 g/mol. The van der Waals surface area contributed by atoms with Crippen LogP contribution in [-0.2, 0) is 11.2 Å². The average Bonchev–Trinajstić information content (AvgIpc) is 2.87. The van der Waals surface area contributed by atoms with E-state index in [-0.39, 0.29) is 18.2 Å². The van der Waals surface area contributed by atoms with Crippen LogP contribution >= 0.6 is 0 Å². The Morgan fingerprint density at radius 3 is 2.43 bits per heavy atom. The van der Waals surface area contributed by atoms with Crippen molar-refractivity contribution in [2.24, 2.45) is 5.10 Å². The molecule has 0 aromatic heterocycles. The quantitative estimate of drug-likeness (QED) is 0.183. The number of nitrogens with zero attached hydrogens (tertiary/aromatic N) is 1. The van der Waals surface area contributed by atoms with E-state index >= 15 is 0 Å². The summed E-state index contributed by atoms with van der Waals surface area (Å²) >= 11 is 0. The summed E-state index contributed by atoms with van der Waals surface area (Å²) in [5.41, 5.74) is 5.27. The SMILES string of the molecule is CCCCCCCOc1ccc(/C=N\NC(=O)c2cccc(NC(=O)Cc3ccccc3)c2)cc1. The zero-order chi connectivity index (χ0) is 24.7. The molecule has 35 heavy (non-hydrogen) atoms. The number of carbonyl (C=O) groups excluding carboxylic acids is 2. The maximum atomic E-state index is 12.5. The number of hydrazone groups is 1. The van der Waals surface area contributed by atoms with Gasteiger partial charge in [0.25, 0.3) is 5.91 Å². The highest BCUT2D eigenvalue weighted by molar-refractivity contribution is 5.98. The fourth-order valence-corrected chi connectivity index (χ4v) is 3.50. The second kappa shape index (κ2) is 14.4. The number of amides is 2. The Morgan fingerprint density at radius 2 is 1.66 bits per heavy atom. The highest BCUT2D eigenvalue weighted by Gasteiger charge is 2.08. The molecule has 182 valence electrons. The van der Waals surface area contributed by atoms with Crippen molar-refractivity contribution >= 4 is 23.7 Å². The smallest absolute Gasteiger partial charge is 0.271 e. The van der Waals surface area contributed by atoms with E-state index < -0.39 is 0 Å². The number of unbranched alkanes of at least 4 members (excludes halogenated alkanes) is 4. The van der Waals surface area contributed by atoms with Gasteiger partial charge in [-0.1, -0.05) is 69.0 Å². The van der Waals surface area contributed by atoms with Gasteiger partial charge < -0.3 is 10.1 Å². The third-order valence-corrected chi connectivity index (χ3v) is 5.39. The van der Waals surface area contributed by atoms with Crippen molar-refractivity contribution in [2.75, 3.05) is 11.9 Å². The van der Waals surface area contributed by atoms with E-state index in [1.165, 1.54) is 25.7 Å². The summed E-state index contributed by atoms with van der Waals surface area (Å²) in [4.78, 5) is 24.8. The molecule has 0 unspecified atom stereocenters. The van der Waals surface area contributed by atoms with Crippen molar-refractivity contribution in [3.63, 3.8) is 0 Å². The Balaban J connectivity index is 1.44. The third-order valence-electron chi connectivity index (χ3n) is 5.39. The number of hydrogen-bond donors (Lipinski definition) is 2. The van der Waals surface area contributed by atoms with E-state index in [2.05, 4.69) is 22.8 Å². The molecule has 0 saturated heterocycles. The molecule has 0 bridgehead atoms. The number of benzene rings is 3. The second-order valence-electron chi connectivity index (χ2n) is 8.32. The number of carbonyl (C=O) groups is 2. The van der Waals surface area contributed by atoms with Crippen LogP contribution in [0, 0.1) is 0 Å². The van der Waals surface area contributed by atoms with Gasteiger partial charge in [-0.2, -0.15) is 5.10 Å². The minimum absolute atomic E-state index is 0.143. The number of ether oxygens (including phenoxy) is 1. The number of hydrogen-bond acceptors (Lipinski definition) is 4. The number of nitrogens with one attached hydrogen (secondary N) is 2. The van der Waals surface area contributed by atoms with E-state index in [1.807, 2.05) is 54.6 Å². The van der Waals surface area contributed by atoms with Gasteiger partial charge >= 0.3 is 0 Å². The van der Waals surface area contributed by atoms with Gasteiger partial charge in [0, 0.05) is 11.3 Å². The first-order chi connectivity index (χ1) is 17.1. The van der Waals surface area contributed by atoms with Crippen molar-refractivity contribution in [3.05, 3.63) is 95.6 Å². The molecule has 0 aliphatic carbocycles. The Labute approximate surface area is 207 Å². The summed E-state index contributed by atoms with van der Waals surface area (Å²) in [6.45, 7) is 2.93. The molecule has 0 aliphatic rings. The van der Waals surface area contributed by atoms with Gasteiger partial charge in [0.2, 0.25) is 5.91 Å². The predicted molar refractivity (Wildman–Crippen MR) is 141 cm³/mol. The Hall–Kier alpha value is -3.93. The molecule has 0 radical (unpaired) electrons. The number of anilines is 1. The van der Waals surface area contributed by atoms with Crippen LogP contribution in [0.2, 0.25) is 0 Å². The standard InChI is InChI=1S/C29H33N3O3/c1-2-3-4-5-9-19-35-27-17-15-24(16-18-27)22-30-32-29(34)25-13-10-14-26(21-25)31-28(33)20-23-11-7-6-8-12-23/h6-8,10-18,21-22H,2-5,9,19-20H2,1H3,(H,31,33)(H,32,34)/b30-22-. The largest absolute Gasteiger partial charge is 0.494 e. The minimum Gasteiger partial charge on any atom is -0.494 e. The van der Waals surface area contributed by atoms with Crippen LogP contribution < -0.4 is 15.5 Å². The van der Waals surface area contributed by atoms with Gasteiger partial charge in [0.05, 0.1) is 19.2 Å². The average molecular weight is 472 g/mol. The maximum absolute atomic E-state index is 12.5. The lowest BCUT2D eigenvalue weighted by atomic mass is 10.1. The molecule has 2 amide bonds. The van der Waals surface area contributed by atoms with E-state index in [4.69, 9.17) is 4.74 Å². The molecule has 0 fully saturated rings. The van der Waals surface area contributed by atoms with Crippen molar-refractivity contribution in [1.29, 1.82) is 0 Å². The van der Waals surface area contributed by atoms with Crippen LogP contribution in [0.5, 0.6) is 5.75 Å². The van der Waals surface area contributed by atoms with E-state index in [0.29, 0.717) is 11.3 Å². The summed E-state index contributed by atoms with van der Waals surface area (Å²) in [5.74, 6) is 0.326. The lowest BCUT2D eigenvalue weighted by Crippen LogP contribution is -2.19. The molecule has 0 heterocycles. The molecule has 0 atom stereocenters. The van der Waals surface area contributed by atoms with Crippen LogP contribution in [0.25, 0.3) is 0 Å². The lowest BCUT2D eigenvalue weighted by Gasteiger charge is -2.07. The summed E-state index contributed by atoms with van der Waals surface area (Å²) in [7, 11) is 0. The van der Waals surface area contributed by atoms with Crippen molar-refractivity contribution in [2.45, 2.75) is 45.4 Å². The maximum Gasteiger partial charge on any atom is 0.271 e. The van der Waals surface area contributed by atoms with Crippen LogP contribution in [0.15, 0.2) is 84.0 Å². The van der Waals surface area contributed by atoms with Crippen LogP contribution in [0.3, 0.4) is 0 Å². The molecule has 6 nitrogen and oxygen atoms in total. The molecule has 3 aromatic rings. The zero-order valence-corrected chi connectivity index (χ0v) is 20.2. The summed E-state index contributed by atoms with van der Waals surface area (Å²) in [6.07, 6.45) is 7.89. The van der Waals surface area contributed by atoms with Crippen molar-refractivity contribution < 1.29 is 14.3 Å². The molecule has 0 spiro atoms. The first-order valence-corrected chi connectivity index (χ1v) is 12.1. The summed E-state index contributed by atoms with van der Waals surface area (Å²) < 4.78 is 5.77. The summed E-state index contributed by atoms with van der Waals surface area (Å²) in [6, 6.07) is 23.9. The minimum atomic E-state index is -0.358. The van der Waals surface area contributed by atoms with Gasteiger partial charge in [0.1, 0.15) is 5.75 Å². The van der Waals surface area contributed by atoms with Crippen LogP contribution in [0.4, 0.5) is 5.69 Å². The van der Waals surface area contributed by atoms with Crippen LogP contribution in [-0.4, -0.2) is 24.6 Å². The number of rotatable bonds is 13. The highest BCUT2D eigenvalue weighted by atomic mass is 16.5. The fourth-order valence-electron chi connectivity index (χ4n) is 3.50. The van der Waals surface area contributed by atoms with E-state index in [1.54, 1.807) is 30.5 Å². The van der Waals surface area contributed by atoms with Crippen molar-refractivity contribution in [3.8, 4) is 5.75 Å². The van der Waals surface area contributed by atoms with Gasteiger partial charge in [-0.3, -0.25) is 9.59 Å². The molecule has 0 saturated carbocycles. The lowest BCUT2D eigenvalue weighted by molar-refractivity contribution is -0.115. The summed E-state index contributed by atoms with van der Waals surface area (Å²) in [5, 5.41) is 6.88. The molecule has 3 rings (SSSR count). The van der Waals surface area contributed by atoms with E-state index in [9.17, 15) is 9.59 Å². The predicted octanol–water partition coefficient (Wildman–Crippen LogP) is 5.98. The van der Waals surface area contributed by atoms with Gasteiger partial charge in [-0.25, -0.2) is 5.43 Å². The zero-order valence-electron chi connectivity index (χ0n) is 20.2. The Bertz CT molecular complexity index is 1100. The van der Waals surface area contributed by atoms with Gasteiger partial charge in [-0.15, -0.1) is 0 Å². The molecular weight excluding hydrogens is 438 g/mol. The van der Waals surface area contributed by atoms with Gasteiger partial charge in [0.15, 0.2) is 0 Å². The van der Waals surface area contributed by atoms with Crippen LogP contribution in [0.1, 0.15) is 60.5 Å². The van der Waals surface area contributed by atoms with E-state index in [0.717, 1.165) is 29.9 Å². The normalized spacial score (nSPS) is 10.8. The fraction of sp³-hybridized carbons (Fsp3) is 0.276.